The number of hydrogen-bond donors (Lipinski definition) is 2. The summed E-state index contributed by atoms with van der Waals surface area (Å²) < 4.78 is 0. The lowest BCUT2D eigenvalue weighted by Crippen LogP contribution is -2.46. The molecule has 82 valence electrons. The summed E-state index contributed by atoms with van der Waals surface area (Å²) in [6.07, 6.45) is 4.89. The number of pyridine rings is 1. The first kappa shape index (κ1) is 10.6. The van der Waals surface area contributed by atoms with E-state index in [1.165, 1.54) is 5.56 Å². The molecule has 0 aliphatic heterocycles. The molecule has 1 aromatic rings. The van der Waals surface area contributed by atoms with Gasteiger partial charge in [0, 0.05) is 19.3 Å². The Balaban J connectivity index is 1.76. The summed E-state index contributed by atoms with van der Waals surface area (Å²) in [6, 6.07) is 4.08. The molecule has 1 aromatic heterocycles. The van der Waals surface area contributed by atoms with E-state index in [9.17, 15) is 5.11 Å². The van der Waals surface area contributed by atoms with Crippen LogP contribution in [0, 0.1) is 6.92 Å². The Kier molecular flexibility index (Phi) is 3.03. The second-order valence-corrected chi connectivity index (χ2v) is 4.51. The molecule has 1 fully saturated rings. The zero-order chi connectivity index (χ0) is 10.7. The van der Waals surface area contributed by atoms with E-state index in [-0.39, 0.29) is 0 Å². The Bertz CT molecular complexity index is 317. The van der Waals surface area contributed by atoms with Crippen molar-refractivity contribution < 1.29 is 5.11 Å². The SMILES string of the molecule is Cc1ccc(CNCC2(O)CCC2)nc1. The Morgan fingerprint density at radius 2 is 2.27 bits per heavy atom. The predicted octanol–water partition coefficient (Wildman–Crippen LogP) is 1.39. The normalized spacial score (nSPS) is 18.5. The van der Waals surface area contributed by atoms with Gasteiger partial charge in [-0.05, 0) is 37.8 Å². The average molecular weight is 206 g/mol. The molecule has 0 bridgehead atoms. The van der Waals surface area contributed by atoms with Crippen molar-refractivity contribution in [2.75, 3.05) is 6.54 Å². The molecule has 0 amide bonds. The van der Waals surface area contributed by atoms with E-state index in [0.717, 1.165) is 31.5 Å². The zero-order valence-electron chi connectivity index (χ0n) is 9.16. The molecule has 0 unspecified atom stereocenters. The van der Waals surface area contributed by atoms with Gasteiger partial charge in [-0.3, -0.25) is 4.98 Å². The third-order valence-corrected chi connectivity index (χ3v) is 3.02. The lowest BCUT2D eigenvalue weighted by molar-refractivity contribution is -0.0315. The van der Waals surface area contributed by atoms with Gasteiger partial charge in [-0.1, -0.05) is 6.07 Å². The summed E-state index contributed by atoms with van der Waals surface area (Å²) in [5.41, 5.74) is 1.77. The minimum atomic E-state index is -0.440. The summed E-state index contributed by atoms with van der Waals surface area (Å²) in [5, 5.41) is 13.1. The monoisotopic (exact) mass is 206 g/mol. The fourth-order valence-electron chi connectivity index (χ4n) is 1.79. The molecule has 2 N–H and O–H groups in total. The van der Waals surface area contributed by atoms with Gasteiger partial charge in [-0.15, -0.1) is 0 Å². The summed E-state index contributed by atoms with van der Waals surface area (Å²) in [7, 11) is 0. The number of aliphatic hydroxyl groups is 1. The highest BCUT2D eigenvalue weighted by Gasteiger charge is 2.33. The molecule has 0 aromatic carbocycles. The van der Waals surface area contributed by atoms with Gasteiger partial charge < -0.3 is 10.4 Å². The number of hydrogen-bond acceptors (Lipinski definition) is 3. The van der Waals surface area contributed by atoms with Gasteiger partial charge in [0.25, 0.3) is 0 Å². The van der Waals surface area contributed by atoms with E-state index in [4.69, 9.17) is 0 Å². The second kappa shape index (κ2) is 4.29. The van der Waals surface area contributed by atoms with Gasteiger partial charge in [0.15, 0.2) is 0 Å². The van der Waals surface area contributed by atoms with Crippen LogP contribution < -0.4 is 5.32 Å². The Morgan fingerprint density at radius 1 is 1.47 bits per heavy atom. The molecular formula is C12H18N2O. The lowest BCUT2D eigenvalue weighted by Gasteiger charge is -2.36. The fraction of sp³-hybridized carbons (Fsp3) is 0.583. The number of aryl methyl sites for hydroxylation is 1. The van der Waals surface area contributed by atoms with E-state index in [1.54, 1.807) is 0 Å². The topological polar surface area (TPSA) is 45.1 Å². The third-order valence-electron chi connectivity index (χ3n) is 3.02. The van der Waals surface area contributed by atoms with Crippen LogP contribution >= 0.6 is 0 Å². The summed E-state index contributed by atoms with van der Waals surface area (Å²) in [6.45, 7) is 3.45. The standard InChI is InChI=1S/C12H18N2O/c1-10-3-4-11(14-7-10)8-13-9-12(15)5-2-6-12/h3-4,7,13,15H,2,5-6,8-9H2,1H3. The molecule has 3 nitrogen and oxygen atoms in total. The molecule has 0 saturated heterocycles. The molecule has 3 heteroatoms. The fourth-order valence-corrected chi connectivity index (χ4v) is 1.79. The van der Waals surface area contributed by atoms with Crippen LogP contribution in [0.2, 0.25) is 0 Å². The van der Waals surface area contributed by atoms with E-state index >= 15 is 0 Å². The van der Waals surface area contributed by atoms with Crippen LogP contribution in [-0.4, -0.2) is 22.2 Å². The second-order valence-electron chi connectivity index (χ2n) is 4.51. The van der Waals surface area contributed by atoms with Crippen LogP contribution in [0.4, 0.5) is 0 Å². The highest BCUT2D eigenvalue weighted by molar-refractivity contribution is 5.12. The Labute approximate surface area is 90.5 Å². The Morgan fingerprint density at radius 3 is 2.80 bits per heavy atom. The van der Waals surface area contributed by atoms with E-state index in [0.29, 0.717) is 6.54 Å². The molecule has 0 radical (unpaired) electrons. The minimum absolute atomic E-state index is 0.440. The molecule has 1 saturated carbocycles. The first-order valence-corrected chi connectivity index (χ1v) is 5.53. The van der Waals surface area contributed by atoms with Crippen molar-refractivity contribution in [2.24, 2.45) is 0 Å². The van der Waals surface area contributed by atoms with Crippen LogP contribution in [0.1, 0.15) is 30.5 Å². The maximum absolute atomic E-state index is 9.85. The van der Waals surface area contributed by atoms with Gasteiger partial charge in [-0.2, -0.15) is 0 Å². The average Bonchev–Trinajstić information content (AvgIpc) is 2.19. The molecule has 1 aliphatic rings. The van der Waals surface area contributed by atoms with Crippen molar-refractivity contribution in [1.82, 2.24) is 10.3 Å². The maximum Gasteiger partial charge on any atom is 0.0771 e. The first-order valence-electron chi connectivity index (χ1n) is 5.53. The number of nitrogens with one attached hydrogen (secondary N) is 1. The van der Waals surface area contributed by atoms with Crippen molar-refractivity contribution >= 4 is 0 Å². The van der Waals surface area contributed by atoms with Gasteiger partial charge in [0.1, 0.15) is 0 Å². The summed E-state index contributed by atoms with van der Waals surface area (Å²) >= 11 is 0. The highest BCUT2D eigenvalue weighted by atomic mass is 16.3. The minimum Gasteiger partial charge on any atom is -0.389 e. The number of rotatable bonds is 4. The van der Waals surface area contributed by atoms with Gasteiger partial charge in [0.2, 0.25) is 0 Å². The van der Waals surface area contributed by atoms with E-state index in [2.05, 4.69) is 16.4 Å². The third kappa shape index (κ3) is 2.76. The van der Waals surface area contributed by atoms with Crippen LogP contribution in [0.15, 0.2) is 18.3 Å². The van der Waals surface area contributed by atoms with Crippen LogP contribution in [-0.2, 0) is 6.54 Å². The quantitative estimate of drug-likeness (QED) is 0.782. The number of aromatic nitrogens is 1. The van der Waals surface area contributed by atoms with Crippen molar-refractivity contribution in [3.8, 4) is 0 Å². The van der Waals surface area contributed by atoms with Crippen molar-refractivity contribution in [3.05, 3.63) is 29.6 Å². The molecule has 0 atom stereocenters. The van der Waals surface area contributed by atoms with Gasteiger partial charge >= 0.3 is 0 Å². The van der Waals surface area contributed by atoms with Crippen LogP contribution in [0.3, 0.4) is 0 Å². The van der Waals surface area contributed by atoms with E-state index in [1.807, 2.05) is 19.2 Å². The lowest BCUT2D eigenvalue weighted by atomic mass is 9.80. The van der Waals surface area contributed by atoms with Crippen LogP contribution in [0.25, 0.3) is 0 Å². The Hall–Kier alpha value is -0.930. The van der Waals surface area contributed by atoms with Crippen molar-refractivity contribution in [3.63, 3.8) is 0 Å². The molecule has 15 heavy (non-hydrogen) atoms. The summed E-state index contributed by atoms with van der Waals surface area (Å²) in [5.74, 6) is 0. The van der Waals surface area contributed by atoms with E-state index < -0.39 is 5.60 Å². The van der Waals surface area contributed by atoms with Gasteiger partial charge in [-0.25, -0.2) is 0 Å². The van der Waals surface area contributed by atoms with Crippen LogP contribution in [0.5, 0.6) is 0 Å². The highest BCUT2D eigenvalue weighted by Crippen LogP contribution is 2.30. The molecular weight excluding hydrogens is 188 g/mol. The smallest absolute Gasteiger partial charge is 0.0771 e. The zero-order valence-corrected chi connectivity index (χ0v) is 9.16. The maximum atomic E-state index is 9.85. The molecule has 1 heterocycles. The van der Waals surface area contributed by atoms with Crippen molar-refractivity contribution in [2.45, 2.75) is 38.3 Å². The first-order chi connectivity index (χ1) is 7.18. The predicted molar refractivity (Wildman–Crippen MR) is 59.5 cm³/mol. The molecule has 2 rings (SSSR count). The largest absolute Gasteiger partial charge is 0.389 e. The van der Waals surface area contributed by atoms with Gasteiger partial charge in [0.05, 0.1) is 11.3 Å². The number of nitrogens with zero attached hydrogens (tertiary/aromatic N) is 1. The summed E-state index contributed by atoms with van der Waals surface area (Å²) in [4.78, 5) is 4.30. The van der Waals surface area contributed by atoms with Crippen molar-refractivity contribution in [1.29, 1.82) is 0 Å². The molecule has 0 spiro atoms. The molecule has 1 aliphatic carbocycles.